The number of imide groups is 1. The maximum Gasteiger partial charge on any atom is 0.416 e. The van der Waals surface area contributed by atoms with E-state index in [1.165, 1.54) is 7.11 Å². The van der Waals surface area contributed by atoms with Gasteiger partial charge in [0.15, 0.2) is 8.32 Å². The lowest BCUT2D eigenvalue weighted by Crippen LogP contribution is -2.44. The first-order valence-electron chi connectivity index (χ1n) is 13.2. The van der Waals surface area contributed by atoms with E-state index < -0.39 is 32.0 Å². The molecule has 9 heteroatoms. The van der Waals surface area contributed by atoms with Crippen molar-refractivity contribution >= 4 is 20.3 Å². The third-order valence-corrected chi connectivity index (χ3v) is 12.4. The van der Waals surface area contributed by atoms with Crippen LogP contribution in [0.25, 0.3) is 0 Å². The van der Waals surface area contributed by atoms with Gasteiger partial charge in [0.05, 0.1) is 31.8 Å². The van der Waals surface area contributed by atoms with Crippen LogP contribution < -0.4 is 4.74 Å². The molecular formula is C28H40N2O6Si. The molecule has 2 amide bonds. The number of rotatable bonds is 13. The van der Waals surface area contributed by atoms with Crippen LogP contribution in [0.5, 0.6) is 5.88 Å². The summed E-state index contributed by atoms with van der Waals surface area (Å²) in [6.07, 6.45) is 1.35. The Balaban J connectivity index is 1.89. The highest BCUT2D eigenvalue weighted by atomic mass is 28.4. The summed E-state index contributed by atoms with van der Waals surface area (Å²) in [7, 11) is -0.406. The smallest absolute Gasteiger partial charge is 0.416 e. The zero-order valence-corrected chi connectivity index (χ0v) is 23.7. The molecule has 1 aromatic heterocycles. The summed E-state index contributed by atoms with van der Waals surface area (Å²) in [5, 5.41) is 11.9. The van der Waals surface area contributed by atoms with E-state index in [0.717, 1.165) is 28.6 Å². The number of aromatic nitrogens is 1. The summed E-state index contributed by atoms with van der Waals surface area (Å²) in [5.74, 6) is -0.111. The summed E-state index contributed by atoms with van der Waals surface area (Å²) in [4.78, 5) is 31.6. The zero-order chi connectivity index (χ0) is 27.1. The highest BCUT2D eigenvalue weighted by molar-refractivity contribution is 6.73. The highest BCUT2D eigenvalue weighted by Gasteiger charge is 2.43. The Labute approximate surface area is 221 Å². The minimum Gasteiger partial charge on any atom is -0.481 e. The standard InChI is InChI=1S/C28H40N2O6Si/c1-6-28(33,18-25(31)30-22(19-35-27(30)32)17-21-13-11-10-12-14-21)24-15-16-29-26(34-5)23(24)20-36-37(7-2,8-3)9-4/h10-16,22,33H,6-9,17-20H2,1-5H3/t22-,28-/m1/s1. The summed E-state index contributed by atoms with van der Waals surface area (Å²) in [6.45, 7) is 8.66. The van der Waals surface area contributed by atoms with Crippen molar-refractivity contribution in [1.82, 2.24) is 9.88 Å². The molecule has 0 radical (unpaired) electrons. The van der Waals surface area contributed by atoms with Gasteiger partial charge in [0.1, 0.15) is 6.61 Å². The van der Waals surface area contributed by atoms with Gasteiger partial charge >= 0.3 is 6.09 Å². The average Bonchev–Trinajstić information content (AvgIpc) is 3.29. The molecule has 1 N–H and O–H groups in total. The van der Waals surface area contributed by atoms with Gasteiger partial charge in [-0.2, -0.15) is 0 Å². The number of aliphatic hydroxyl groups is 1. The molecule has 37 heavy (non-hydrogen) atoms. The molecular weight excluding hydrogens is 488 g/mol. The van der Waals surface area contributed by atoms with Crippen molar-refractivity contribution in [2.24, 2.45) is 0 Å². The number of amides is 2. The Morgan fingerprint density at radius 2 is 1.84 bits per heavy atom. The van der Waals surface area contributed by atoms with Gasteiger partial charge in [-0.3, -0.25) is 4.79 Å². The van der Waals surface area contributed by atoms with Crippen LogP contribution in [0.15, 0.2) is 42.6 Å². The molecule has 1 aliphatic rings. The van der Waals surface area contributed by atoms with E-state index in [4.69, 9.17) is 13.9 Å². The molecule has 0 saturated carbocycles. The molecule has 0 spiro atoms. The summed E-state index contributed by atoms with van der Waals surface area (Å²) in [5.41, 5.74) is 0.636. The first kappa shape index (κ1) is 28.8. The predicted octanol–water partition coefficient (Wildman–Crippen LogP) is 5.19. The van der Waals surface area contributed by atoms with E-state index in [0.29, 0.717) is 23.4 Å². The molecule has 2 atom stereocenters. The van der Waals surface area contributed by atoms with Crippen molar-refractivity contribution < 1.29 is 28.6 Å². The second-order valence-electron chi connectivity index (χ2n) is 9.62. The second-order valence-corrected chi connectivity index (χ2v) is 14.4. The van der Waals surface area contributed by atoms with Crippen molar-refractivity contribution in [2.45, 2.75) is 83.3 Å². The Morgan fingerprint density at radius 3 is 2.43 bits per heavy atom. The molecule has 1 aromatic carbocycles. The van der Waals surface area contributed by atoms with Gasteiger partial charge in [-0.15, -0.1) is 0 Å². The summed E-state index contributed by atoms with van der Waals surface area (Å²) in [6, 6.07) is 13.9. The van der Waals surface area contributed by atoms with Gasteiger partial charge in [0.2, 0.25) is 11.8 Å². The molecule has 1 fully saturated rings. The second kappa shape index (κ2) is 12.7. The van der Waals surface area contributed by atoms with Crippen molar-refractivity contribution in [3.05, 3.63) is 59.3 Å². The molecule has 8 nitrogen and oxygen atoms in total. The monoisotopic (exact) mass is 528 g/mol. The van der Waals surface area contributed by atoms with Crippen LogP contribution in [0.3, 0.4) is 0 Å². The number of carbonyl (C=O) groups is 2. The SMILES string of the molecule is CC[C@@](O)(CC(=O)N1C(=O)OC[C@H]1Cc1ccccc1)c1ccnc(OC)c1CO[Si](CC)(CC)CC. The van der Waals surface area contributed by atoms with E-state index in [9.17, 15) is 14.7 Å². The Hall–Kier alpha value is -2.75. The quantitative estimate of drug-likeness (QED) is 0.357. The van der Waals surface area contributed by atoms with E-state index in [-0.39, 0.29) is 26.1 Å². The van der Waals surface area contributed by atoms with E-state index in [2.05, 4.69) is 25.8 Å². The number of carbonyl (C=O) groups excluding carboxylic acids is 2. The Bertz CT molecular complexity index is 1050. The lowest BCUT2D eigenvalue weighted by Gasteiger charge is -2.33. The fourth-order valence-corrected chi connectivity index (χ4v) is 7.62. The number of nitrogens with zero attached hydrogens (tertiary/aromatic N) is 2. The lowest BCUT2D eigenvalue weighted by atomic mass is 9.85. The number of hydrogen-bond acceptors (Lipinski definition) is 7. The molecule has 0 unspecified atom stereocenters. The number of benzene rings is 1. The molecule has 2 heterocycles. The number of pyridine rings is 1. The van der Waals surface area contributed by atoms with Gasteiger partial charge in [-0.1, -0.05) is 58.0 Å². The molecule has 0 bridgehead atoms. The average molecular weight is 529 g/mol. The third kappa shape index (κ3) is 6.39. The number of cyclic esters (lactones) is 1. The van der Waals surface area contributed by atoms with Crippen molar-refractivity contribution in [2.75, 3.05) is 13.7 Å². The van der Waals surface area contributed by atoms with Gasteiger partial charge in [0, 0.05) is 11.8 Å². The predicted molar refractivity (Wildman–Crippen MR) is 144 cm³/mol. The van der Waals surface area contributed by atoms with E-state index >= 15 is 0 Å². The van der Waals surface area contributed by atoms with Gasteiger partial charge in [-0.25, -0.2) is 14.7 Å². The first-order valence-corrected chi connectivity index (χ1v) is 15.7. The normalized spacial score (nSPS) is 17.4. The first-order chi connectivity index (χ1) is 17.8. The Kier molecular flexibility index (Phi) is 9.86. The van der Waals surface area contributed by atoms with Crippen molar-refractivity contribution in [3.8, 4) is 5.88 Å². The Morgan fingerprint density at radius 1 is 1.16 bits per heavy atom. The van der Waals surface area contributed by atoms with Gasteiger partial charge in [-0.05, 0) is 48.2 Å². The van der Waals surface area contributed by atoms with Crippen molar-refractivity contribution in [3.63, 3.8) is 0 Å². The summed E-state index contributed by atoms with van der Waals surface area (Å²) < 4.78 is 17.3. The minimum atomic E-state index is -1.94. The van der Waals surface area contributed by atoms with E-state index in [1.54, 1.807) is 12.3 Å². The van der Waals surface area contributed by atoms with Crippen LogP contribution in [0.2, 0.25) is 18.1 Å². The summed E-state index contributed by atoms with van der Waals surface area (Å²) >= 11 is 0. The third-order valence-electron chi connectivity index (χ3n) is 7.74. The van der Waals surface area contributed by atoms with Gasteiger partial charge < -0.3 is 19.0 Å². The van der Waals surface area contributed by atoms with Crippen LogP contribution >= 0.6 is 0 Å². The van der Waals surface area contributed by atoms with Crippen LogP contribution in [0.1, 0.15) is 57.2 Å². The largest absolute Gasteiger partial charge is 0.481 e. The molecule has 3 rings (SSSR count). The highest BCUT2D eigenvalue weighted by Crippen LogP contribution is 2.37. The fraction of sp³-hybridized carbons (Fsp3) is 0.536. The number of ether oxygens (including phenoxy) is 2. The number of hydrogen-bond donors (Lipinski definition) is 1. The molecule has 0 aliphatic carbocycles. The maximum absolute atomic E-state index is 13.5. The molecule has 2 aromatic rings. The fourth-order valence-electron chi connectivity index (χ4n) is 5.05. The minimum absolute atomic E-state index is 0.129. The zero-order valence-electron chi connectivity index (χ0n) is 22.7. The van der Waals surface area contributed by atoms with Crippen LogP contribution in [-0.2, 0) is 32.6 Å². The molecule has 1 saturated heterocycles. The topological polar surface area (TPSA) is 98.2 Å². The molecule has 1 aliphatic heterocycles. The van der Waals surface area contributed by atoms with Gasteiger partial charge in [0.25, 0.3) is 0 Å². The van der Waals surface area contributed by atoms with E-state index in [1.807, 2.05) is 37.3 Å². The maximum atomic E-state index is 13.5. The molecule has 202 valence electrons. The van der Waals surface area contributed by atoms with Crippen LogP contribution in [-0.4, -0.2) is 55.1 Å². The lowest BCUT2D eigenvalue weighted by molar-refractivity contribution is -0.135. The van der Waals surface area contributed by atoms with Crippen molar-refractivity contribution in [1.29, 1.82) is 0 Å². The van der Waals surface area contributed by atoms with Crippen LogP contribution in [0.4, 0.5) is 4.79 Å². The van der Waals surface area contributed by atoms with Crippen LogP contribution in [0, 0.1) is 0 Å². The number of methoxy groups -OCH3 is 1.